The predicted octanol–water partition coefficient (Wildman–Crippen LogP) is 2.97. The molecule has 3 aromatic rings. The lowest BCUT2D eigenvalue weighted by molar-refractivity contribution is 0.0601. The Morgan fingerprint density at radius 1 is 1.27 bits per heavy atom. The van der Waals surface area contributed by atoms with Crippen LogP contribution < -0.4 is 4.80 Å². The van der Waals surface area contributed by atoms with Gasteiger partial charge in [-0.3, -0.25) is 0 Å². The number of fused-ring (bicyclic) bond motifs is 1. The molecule has 26 heavy (non-hydrogen) atoms. The van der Waals surface area contributed by atoms with Gasteiger partial charge in [-0.05, 0) is 30.3 Å². The number of methoxy groups -OCH3 is 1. The molecule has 0 saturated heterocycles. The van der Waals surface area contributed by atoms with Gasteiger partial charge in [0, 0.05) is 6.54 Å². The van der Waals surface area contributed by atoms with Crippen LogP contribution in [0.5, 0.6) is 0 Å². The fraction of sp³-hybridized carbons (Fsp3) is 0.111. The average Bonchev–Trinajstić information content (AvgIpc) is 2.98. The predicted molar refractivity (Wildman–Crippen MR) is 101 cm³/mol. The van der Waals surface area contributed by atoms with Crippen LogP contribution in [0.2, 0.25) is 0 Å². The van der Waals surface area contributed by atoms with E-state index in [1.54, 1.807) is 47.0 Å². The molecule has 0 bridgehead atoms. The lowest BCUT2D eigenvalue weighted by Gasteiger charge is -2.03. The molecule has 0 radical (unpaired) electrons. The fourth-order valence-corrected chi connectivity index (χ4v) is 4.74. The molecule has 0 aliphatic rings. The van der Waals surface area contributed by atoms with Crippen LogP contribution in [0.4, 0.5) is 0 Å². The Morgan fingerprint density at radius 2 is 2.00 bits per heavy atom. The largest absolute Gasteiger partial charge is 0.465 e. The van der Waals surface area contributed by atoms with Gasteiger partial charge in [-0.15, -0.1) is 11.0 Å². The highest BCUT2D eigenvalue weighted by atomic mass is 32.2. The second-order valence-electron chi connectivity index (χ2n) is 5.34. The number of sulfonamides is 1. The maximum atomic E-state index is 12.6. The van der Waals surface area contributed by atoms with Crippen molar-refractivity contribution in [2.24, 2.45) is 4.40 Å². The molecule has 0 saturated carbocycles. The molecule has 134 valence electrons. The molecule has 0 unspecified atom stereocenters. The Bertz CT molecular complexity index is 1140. The van der Waals surface area contributed by atoms with E-state index in [9.17, 15) is 13.2 Å². The first-order chi connectivity index (χ1) is 12.5. The van der Waals surface area contributed by atoms with Gasteiger partial charge in [-0.25, -0.2) is 4.79 Å². The first-order valence-electron chi connectivity index (χ1n) is 7.65. The molecule has 0 N–H and O–H groups in total. The number of ether oxygens (including phenoxy) is 1. The average molecular weight is 388 g/mol. The summed E-state index contributed by atoms with van der Waals surface area (Å²) in [6.45, 7) is 4.11. The van der Waals surface area contributed by atoms with Crippen molar-refractivity contribution in [3.05, 3.63) is 71.6 Å². The lowest BCUT2D eigenvalue weighted by Crippen LogP contribution is -2.16. The standard InChI is InChI=1S/C18H16N2O4S2/c1-3-11-20-15-10-9-13(17(21)24-2)12-16(15)25-18(20)19-26(22,23)14-7-5-4-6-8-14/h3-10,12H,1,11H2,2H3. The van der Waals surface area contributed by atoms with E-state index >= 15 is 0 Å². The van der Waals surface area contributed by atoms with Crippen LogP contribution in [-0.2, 0) is 21.3 Å². The van der Waals surface area contributed by atoms with Crippen molar-refractivity contribution >= 4 is 37.5 Å². The highest BCUT2D eigenvalue weighted by molar-refractivity contribution is 7.90. The van der Waals surface area contributed by atoms with E-state index in [4.69, 9.17) is 4.74 Å². The van der Waals surface area contributed by atoms with Crippen molar-refractivity contribution in [2.45, 2.75) is 11.4 Å². The van der Waals surface area contributed by atoms with E-state index in [2.05, 4.69) is 11.0 Å². The number of rotatable bonds is 5. The minimum absolute atomic E-state index is 0.123. The SMILES string of the molecule is C=CCn1c(=NS(=O)(=O)c2ccccc2)sc2cc(C(=O)OC)ccc21. The van der Waals surface area contributed by atoms with Gasteiger partial charge in [0.1, 0.15) is 0 Å². The summed E-state index contributed by atoms with van der Waals surface area (Å²) in [5.41, 5.74) is 1.16. The Balaban J connectivity index is 2.23. The molecule has 0 aliphatic carbocycles. The van der Waals surface area contributed by atoms with Crippen molar-refractivity contribution in [1.29, 1.82) is 0 Å². The number of esters is 1. The number of carbonyl (C=O) groups is 1. The minimum atomic E-state index is -3.84. The summed E-state index contributed by atoms with van der Waals surface area (Å²) in [5.74, 6) is -0.453. The zero-order chi connectivity index (χ0) is 18.7. The lowest BCUT2D eigenvalue weighted by atomic mass is 10.2. The summed E-state index contributed by atoms with van der Waals surface area (Å²) in [5, 5.41) is 0. The third-order valence-corrected chi connectivity index (χ3v) is 6.09. The summed E-state index contributed by atoms with van der Waals surface area (Å²) >= 11 is 1.19. The molecule has 1 heterocycles. The van der Waals surface area contributed by atoms with E-state index in [0.717, 1.165) is 10.2 Å². The van der Waals surface area contributed by atoms with Crippen molar-refractivity contribution in [3.8, 4) is 0 Å². The van der Waals surface area contributed by atoms with E-state index in [1.165, 1.54) is 30.6 Å². The number of nitrogens with zero attached hydrogens (tertiary/aromatic N) is 2. The fourth-order valence-electron chi connectivity index (χ4n) is 2.44. The van der Waals surface area contributed by atoms with Crippen molar-refractivity contribution in [3.63, 3.8) is 0 Å². The molecule has 0 aliphatic heterocycles. The van der Waals surface area contributed by atoms with Crippen molar-refractivity contribution in [2.75, 3.05) is 7.11 Å². The summed E-state index contributed by atoms with van der Waals surface area (Å²) in [7, 11) is -2.53. The Hall–Kier alpha value is -2.71. The smallest absolute Gasteiger partial charge is 0.337 e. The van der Waals surface area contributed by atoms with Crippen LogP contribution in [0.15, 0.2) is 70.5 Å². The van der Waals surface area contributed by atoms with Gasteiger partial charge in [0.25, 0.3) is 10.0 Å². The zero-order valence-corrected chi connectivity index (χ0v) is 15.6. The van der Waals surface area contributed by atoms with Gasteiger partial charge < -0.3 is 9.30 Å². The van der Waals surface area contributed by atoms with Crippen LogP contribution in [0.1, 0.15) is 10.4 Å². The Labute approximate surface area is 154 Å². The van der Waals surface area contributed by atoms with E-state index in [1.807, 2.05) is 0 Å². The summed E-state index contributed by atoms with van der Waals surface area (Å²) in [4.78, 5) is 12.2. The molecule has 0 atom stereocenters. The molecule has 0 spiro atoms. The van der Waals surface area contributed by atoms with Crippen molar-refractivity contribution in [1.82, 2.24) is 4.57 Å². The van der Waals surface area contributed by atoms with E-state index < -0.39 is 16.0 Å². The number of carbonyl (C=O) groups excluding carboxylic acids is 1. The van der Waals surface area contributed by atoms with E-state index in [0.29, 0.717) is 16.9 Å². The number of hydrogen-bond donors (Lipinski definition) is 0. The zero-order valence-electron chi connectivity index (χ0n) is 14.0. The monoisotopic (exact) mass is 388 g/mol. The number of aromatic nitrogens is 1. The normalized spacial score (nSPS) is 12.3. The molecule has 1 aromatic heterocycles. The number of hydrogen-bond acceptors (Lipinski definition) is 5. The maximum Gasteiger partial charge on any atom is 0.337 e. The van der Waals surface area contributed by atoms with Crippen LogP contribution in [-0.4, -0.2) is 26.1 Å². The Morgan fingerprint density at radius 3 is 2.65 bits per heavy atom. The number of thiazole rings is 1. The van der Waals surface area contributed by atoms with Crippen LogP contribution in [0.3, 0.4) is 0 Å². The Kier molecular flexibility index (Phi) is 5.06. The van der Waals surface area contributed by atoms with Crippen LogP contribution in [0, 0.1) is 0 Å². The molecule has 2 aromatic carbocycles. The van der Waals surface area contributed by atoms with Gasteiger partial charge in [0.15, 0.2) is 0 Å². The molecule has 0 fully saturated rings. The second kappa shape index (κ2) is 7.27. The minimum Gasteiger partial charge on any atom is -0.465 e. The molecular formula is C18H16N2O4S2. The molecular weight excluding hydrogens is 372 g/mol. The third-order valence-electron chi connectivity index (χ3n) is 3.65. The number of benzene rings is 2. The number of allylic oxidation sites excluding steroid dienone is 1. The molecule has 8 heteroatoms. The van der Waals surface area contributed by atoms with Gasteiger partial charge in [0.2, 0.25) is 4.80 Å². The second-order valence-corrected chi connectivity index (χ2v) is 7.95. The summed E-state index contributed by atoms with van der Waals surface area (Å²) < 4.78 is 36.4. The van der Waals surface area contributed by atoms with Gasteiger partial charge in [0.05, 0.1) is 27.8 Å². The van der Waals surface area contributed by atoms with Crippen LogP contribution >= 0.6 is 11.3 Å². The van der Waals surface area contributed by atoms with Crippen LogP contribution in [0.25, 0.3) is 10.2 Å². The maximum absolute atomic E-state index is 12.6. The van der Waals surface area contributed by atoms with Gasteiger partial charge >= 0.3 is 5.97 Å². The first-order valence-corrected chi connectivity index (χ1v) is 9.90. The first kappa shape index (κ1) is 18.1. The van der Waals surface area contributed by atoms with Gasteiger partial charge in [-0.2, -0.15) is 8.42 Å². The van der Waals surface area contributed by atoms with E-state index in [-0.39, 0.29) is 4.90 Å². The highest BCUT2D eigenvalue weighted by Crippen LogP contribution is 2.21. The quantitative estimate of drug-likeness (QED) is 0.497. The summed E-state index contributed by atoms with van der Waals surface area (Å²) in [6.07, 6.45) is 1.66. The highest BCUT2D eigenvalue weighted by Gasteiger charge is 2.15. The summed E-state index contributed by atoms with van der Waals surface area (Å²) in [6, 6.07) is 13.1. The van der Waals surface area contributed by atoms with Gasteiger partial charge in [-0.1, -0.05) is 35.6 Å². The third kappa shape index (κ3) is 3.47. The topological polar surface area (TPSA) is 77.7 Å². The molecule has 6 nitrogen and oxygen atoms in total. The molecule has 3 rings (SSSR count). The van der Waals surface area contributed by atoms with Crippen molar-refractivity contribution < 1.29 is 17.9 Å². The molecule has 0 amide bonds.